The first-order valence-corrected chi connectivity index (χ1v) is 12.4. The van der Waals surface area contributed by atoms with Gasteiger partial charge in [-0.2, -0.15) is 0 Å². The Labute approximate surface area is 220 Å². The number of aryl methyl sites for hydroxylation is 1. The summed E-state index contributed by atoms with van der Waals surface area (Å²) in [6.45, 7) is 9.48. The smallest absolute Gasteiger partial charge is 0.410 e. The van der Waals surface area contributed by atoms with Gasteiger partial charge in [-0.05, 0) is 45.9 Å². The number of aliphatic imine (C=N–C) groups is 1. The van der Waals surface area contributed by atoms with E-state index in [0.717, 1.165) is 5.69 Å². The van der Waals surface area contributed by atoms with E-state index in [-0.39, 0.29) is 17.8 Å². The van der Waals surface area contributed by atoms with Crippen molar-refractivity contribution in [1.82, 2.24) is 25.2 Å². The highest BCUT2D eigenvalue weighted by molar-refractivity contribution is 6.42. The van der Waals surface area contributed by atoms with E-state index in [1.165, 1.54) is 0 Å². The minimum absolute atomic E-state index is 0.0828. The summed E-state index contributed by atoms with van der Waals surface area (Å²) in [4.78, 5) is 42.0. The Bertz CT molecular complexity index is 1190. The zero-order chi connectivity index (χ0) is 26.0. The lowest BCUT2D eigenvalue weighted by Crippen LogP contribution is -2.51. The third-order valence-electron chi connectivity index (χ3n) is 5.55. The molecule has 1 N–H and O–H groups in total. The highest BCUT2D eigenvalue weighted by Gasteiger charge is 2.29. The van der Waals surface area contributed by atoms with E-state index in [4.69, 9.17) is 27.9 Å². The number of amidine groups is 1. The molecule has 0 saturated carbocycles. The van der Waals surface area contributed by atoms with Crippen LogP contribution in [0.5, 0.6) is 0 Å². The number of carbonyl (C=O) groups excluding carboxylic acids is 2. The van der Waals surface area contributed by atoms with Crippen molar-refractivity contribution in [1.29, 1.82) is 0 Å². The van der Waals surface area contributed by atoms with Crippen LogP contribution in [0.4, 0.5) is 16.3 Å². The Morgan fingerprint density at radius 1 is 1.00 bits per heavy atom. The van der Waals surface area contributed by atoms with Crippen LogP contribution in [0.3, 0.4) is 0 Å². The van der Waals surface area contributed by atoms with Crippen molar-refractivity contribution in [3.05, 3.63) is 45.8 Å². The Morgan fingerprint density at radius 2 is 1.69 bits per heavy atom. The molecular weight excluding hydrogens is 505 g/mol. The predicted octanol–water partition coefficient (Wildman–Crippen LogP) is 4.23. The molecule has 192 valence electrons. The lowest BCUT2D eigenvalue weighted by atomic mass is 10.2. The average molecular weight is 534 g/mol. The number of carbonyl (C=O) groups is 2. The van der Waals surface area contributed by atoms with E-state index < -0.39 is 5.60 Å². The number of piperazine rings is 1. The molecule has 2 aliphatic rings. The Hall–Kier alpha value is -3.11. The fraction of sp³-hybridized carbons (Fsp3) is 0.458. The second-order valence-electron chi connectivity index (χ2n) is 9.62. The molecular formula is C24H29Cl2N7O3. The summed E-state index contributed by atoms with van der Waals surface area (Å²) >= 11 is 12.2. The summed E-state index contributed by atoms with van der Waals surface area (Å²) in [5, 5.41) is 2.89. The molecule has 2 saturated heterocycles. The van der Waals surface area contributed by atoms with Crippen molar-refractivity contribution in [2.75, 3.05) is 37.7 Å². The SMILES string of the molecule is Cc1cc(N=C2CCN(c3ccc(Cl)c(Cl)c3)N2)nc(C(=O)N2CCN(C(=O)OC(C)(C)C)CC2)n1. The van der Waals surface area contributed by atoms with Gasteiger partial charge in [-0.25, -0.2) is 19.8 Å². The molecule has 36 heavy (non-hydrogen) atoms. The molecule has 0 atom stereocenters. The topological polar surface area (TPSA) is 103 Å². The molecule has 1 aromatic carbocycles. The maximum Gasteiger partial charge on any atom is 0.410 e. The zero-order valence-electron chi connectivity index (χ0n) is 20.7. The van der Waals surface area contributed by atoms with Gasteiger partial charge in [-0.3, -0.25) is 15.2 Å². The number of hydrogen-bond acceptors (Lipinski definition) is 7. The van der Waals surface area contributed by atoms with Crippen molar-refractivity contribution in [3.63, 3.8) is 0 Å². The standard InChI is InChI=1S/C24H29Cl2N7O3/c1-15-13-20(28-19-7-8-33(30-19)16-5-6-17(25)18(26)14-16)29-21(27-15)22(34)31-9-11-32(12-10-31)23(35)36-24(2,3)4/h5-6,13-14H,7-12H2,1-4H3,(H,27,28,29,30). The number of rotatable bonds is 3. The monoisotopic (exact) mass is 533 g/mol. The number of benzene rings is 1. The number of ether oxygens (including phenoxy) is 1. The summed E-state index contributed by atoms with van der Waals surface area (Å²) in [6, 6.07) is 7.13. The number of nitrogens with zero attached hydrogens (tertiary/aromatic N) is 6. The van der Waals surface area contributed by atoms with Gasteiger partial charge in [0.2, 0.25) is 5.82 Å². The van der Waals surface area contributed by atoms with E-state index in [1.807, 2.05) is 31.8 Å². The molecule has 0 unspecified atom stereocenters. The fourth-order valence-electron chi connectivity index (χ4n) is 3.82. The molecule has 2 aliphatic heterocycles. The van der Waals surface area contributed by atoms with E-state index in [2.05, 4.69) is 20.4 Å². The van der Waals surface area contributed by atoms with Gasteiger partial charge in [0, 0.05) is 50.9 Å². The molecule has 2 aromatic rings. The van der Waals surface area contributed by atoms with Gasteiger partial charge in [0.1, 0.15) is 11.4 Å². The van der Waals surface area contributed by atoms with E-state index >= 15 is 0 Å². The average Bonchev–Trinajstić information content (AvgIpc) is 3.27. The third-order valence-corrected chi connectivity index (χ3v) is 6.29. The first-order valence-electron chi connectivity index (χ1n) is 11.7. The number of halogens is 2. The van der Waals surface area contributed by atoms with Crippen LogP contribution < -0.4 is 10.4 Å². The summed E-state index contributed by atoms with van der Waals surface area (Å²) in [7, 11) is 0. The van der Waals surface area contributed by atoms with Gasteiger partial charge in [-0.1, -0.05) is 23.2 Å². The molecule has 1 aromatic heterocycles. The predicted molar refractivity (Wildman–Crippen MR) is 139 cm³/mol. The highest BCUT2D eigenvalue weighted by Crippen LogP contribution is 2.28. The van der Waals surface area contributed by atoms with E-state index in [9.17, 15) is 9.59 Å². The van der Waals surface area contributed by atoms with Gasteiger partial charge in [0.05, 0.1) is 15.7 Å². The minimum atomic E-state index is -0.565. The van der Waals surface area contributed by atoms with Gasteiger partial charge in [-0.15, -0.1) is 0 Å². The van der Waals surface area contributed by atoms with Crippen molar-refractivity contribution >= 4 is 52.5 Å². The Morgan fingerprint density at radius 3 is 2.36 bits per heavy atom. The first kappa shape index (κ1) is 26.0. The van der Waals surface area contributed by atoms with Gasteiger partial charge >= 0.3 is 6.09 Å². The van der Waals surface area contributed by atoms with E-state index in [0.29, 0.717) is 66.5 Å². The number of nitrogens with one attached hydrogen (secondary N) is 1. The van der Waals surface area contributed by atoms with Crippen LogP contribution in [0.25, 0.3) is 0 Å². The quantitative estimate of drug-likeness (QED) is 0.629. The van der Waals surface area contributed by atoms with Crippen LogP contribution in [0.1, 0.15) is 43.5 Å². The molecule has 12 heteroatoms. The molecule has 0 aliphatic carbocycles. The van der Waals surface area contributed by atoms with Crippen LogP contribution in [-0.2, 0) is 4.74 Å². The molecule has 0 radical (unpaired) electrons. The van der Waals surface area contributed by atoms with Crippen molar-refractivity contribution in [2.24, 2.45) is 4.99 Å². The summed E-state index contributed by atoms with van der Waals surface area (Å²) in [5.41, 5.74) is 4.19. The molecule has 0 bridgehead atoms. The molecule has 10 nitrogen and oxygen atoms in total. The second-order valence-corrected chi connectivity index (χ2v) is 10.4. The number of hydrazine groups is 1. The maximum absolute atomic E-state index is 13.1. The second kappa shape index (κ2) is 10.5. The van der Waals surface area contributed by atoms with Crippen LogP contribution in [-0.4, -0.2) is 75.9 Å². The molecule has 3 heterocycles. The van der Waals surface area contributed by atoms with Crippen LogP contribution >= 0.6 is 23.2 Å². The zero-order valence-corrected chi connectivity index (χ0v) is 22.2. The van der Waals surface area contributed by atoms with Crippen molar-refractivity contribution in [3.8, 4) is 0 Å². The Balaban J connectivity index is 1.41. The van der Waals surface area contributed by atoms with Gasteiger partial charge in [0.15, 0.2) is 5.82 Å². The summed E-state index contributed by atoms with van der Waals surface area (Å²) in [5.74, 6) is 0.903. The number of amides is 2. The first-order chi connectivity index (χ1) is 17.0. The minimum Gasteiger partial charge on any atom is -0.444 e. The van der Waals surface area contributed by atoms with Gasteiger partial charge in [0.25, 0.3) is 5.91 Å². The van der Waals surface area contributed by atoms with Crippen molar-refractivity contribution < 1.29 is 14.3 Å². The lowest BCUT2D eigenvalue weighted by molar-refractivity contribution is 0.0139. The normalized spacial score (nSPS) is 17.4. The van der Waals surface area contributed by atoms with E-state index in [1.54, 1.807) is 34.9 Å². The van der Waals surface area contributed by atoms with Crippen LogP contribution in [0, 0.1) is 6.92 Å². The highest BCUT2D eigenvalue weighted by atomic mass is 35.5. The largest absolute Gasteiger partial charge is 0.444 e. The number of anilines is 1. The summed E-state index contributed by atoms with van der Waals surface area (Å²) < 4.78 is 5.42. The van der Waals surface area contributed by atoms with Crippen LogP contribution in [0.15, 0.2) is 29.3 Å². The van der Waals surface area contributed by atoms with Crippen LogP contribution in [0.2, 0.25) is 10.0 Å². The number of hydrogen-bond donors (Lipinski definition) is 1. The summed E-state index contributed by atoms with van der Waals surface area (Å²) in [6.07, 6.45) is 0.289. The molecule has 4 rings (SSSR count). The molecule has 2 amide bonds. The molecule has 0 spiro atoms. The fourth-order valence-corrected chi connectivity index (χ4v) is 4.11. The van der Waals surface area contributed by atoms with Gasteiger partial charge < -0.3 is 14.5 Å². The maximum atomic E-state index is 13.1. The Kier molecular flexibility index (Phi) is 7.56. The molecule has 2 fully saturated rings. The van der Waals surface area contributed by atoms with Crippen molar-refractivity contribution in [2.45, 2.75) is 39.7 Å². The number of aromatic nitrogens is 2. The third kappa shape index (κ3) is 6.36. The lowest BCUT2D eigenvalue weighted by Gasteiger charge is -2.35.